The number of nitrogens with zero attached hydrogens (tertiary/aromatic N) is 1. The highest BCUT2D eigenvalue weighted by Crippen LogP contribution is 2.37. The van der Waals surface area contributed by atoms with Crippen LogP contribution in [0.3, 0.4) is 0 Å². The van der Waals surface area contributed by atoms with Gasteiger partial charge in [-0.3, -0.25) is 0 Å². The summed E-state index contributed by atoms with van der Waals surface area (Å²) in [5, 5.41) is 0. The Morgan fingerprint density at radius 3 is 2.50 bits per heavy atom. The lowest BCUT2D eigenvalue weighted by Crippen LogP contribution is -2.63. The molecule has 0 saturated carbocycles. The molecule has 18 heavy (non-hydrogen) atoms. The van der Waals surface area contributed by atoms with E-state index < -0.39 is 5.54 Å². The number of carbonyl (C=O) groups is 1. The van der Waals surface area contributed by atoms with Crippen LogP contribution < -0.4 is 9.64 Å². The maximum absolute atomic E-state index is 12.0. The second-order valence-corrected chi connectivity index (χ2v) is 4.59. The van der Waals surface area contributed by atoms with Gasteiger partial charge >= 0.3 is 5.97 Å². The first kappa shape index (κ1) is 12.7. The minimum atomic E-state index is -0.523. The van der Waals surface area contributed by atoms with E-state index in [1.807, 2.05) is 38.1 Å². The third-order valence-corrected chi connectivity index (χ3v) is 3.52. The molecule has 2 rings (SSSR count). The maximum atomic E-state index is 12.0. The molecular weight excluding hydrogens is 230 g/mol. The second-order valence-electron chi connectivity index (χ2n) is 4.59. The van der Waals surface area contributed by atoms with Gasteiger partial charge in [-0.15, -0.1) is 0 Å². The smallest absolute Gasteiger partial charge is 0.331 e. The number of esters is 1. The molecule has 0 aromatic heterocycles. The first-order chi connectivity index (χ1) is 8.61. The van der Waals surface area contributed by atoms with E-state index in [-0.39, 0.29) is 5.97 Å². The van der Waals surface area contributed by atoms with Crippen LogP contribution in [0.4, 0.5) is 5.69 Å². The van der Waals surface area contributed by atoms with E-state index in [9.17, 15) is 4.79 Å². The fourth-order valence-corrected chi connectivity index (χ4v) is 2.23. The van der Waals surface area contributed by atoms with Crippen LogP contribution in [0.1, 0.15) is 20.3 Å². The third-order valence-electron chi connectivity index (χ3n) is 3.52. The quantitative estimate of drug-likeness (QED) is 0.767. The molecule has 1 saturated heterocycles. The Bertz CT molecular complexity index is 429. The fraction of sp³-hybridized carbons (Fsp3) is 0.500. The van der Waals surface area contributed by atoms with Gasteiger partial charge in [-0.05, 0) is 44.5 Å². The van der Waals surface area contributed by atoms with Gasteiger partial charge in [0.05, 0.1) is 13.7 Å². The van der Waals surface area contributed by atoms with Crippen molar-refractivity contribution in [3.63, 3.8) is 0 Å². The fourth-order valence-electron chi connectivity index (χ4n) is 2.23. The van der Waals surface area contributed by atoms with Gasteiger partial charge in [0.2, 0.25) is 0 Å². The first-order valence-electron chi connectivity index (χ1n) is 6.20. The van der Waals surface area contributed by atoms with Crippen molar-refractivity contribution in [1.29, 1.82) is 0 Å². The van der Waals surface area contributed by atoms with Gasteiger partial charge < -0.3 is 14.4 Å². The average Bonchev–Trinajstić information content (AvgIpc) is 2.37. The normalized spacial score (nSPS) is 22.3. The highest BCUT2D eigenvalue weighted by molar-refractivity contribution is 5.87. The zero-order valence-electron chi connectivity index (χ0n) is 11.1. The highest BCUT2D eigenvalue weighted by Gasteiger charge is 2.48. The molecule has 1 aliphatic rings. The summed E-state index contributed by atoms with van der Waals surface area (Å²) in [5.41, 5.74) is 0.502. The lowest BCUT2D eigenvalue weighted by atomic mass is 9.86. The molecule has 1 heterocycles. The van der Waals surface area contributed by atoms with E-state index in [4.69, 9.17) is 9.47 Å². The summed E-state index contributed by atoms with van der Waals surface area (Å²) in [7, 11) is 1.64. The standard InChI is InChI=1S/C14H19NO3/c1-4-18-13(16)14(2)9-10-15(14)11-5-7-12(17-3)8-6-11/h5-8H,4,9-10H2,1-3H3/t14-/m1/s1. The molecule has 4 nitrogen and oxygen atoms in total. The minimum Gasteiger partial charge on any atom is -0.497 e. The summed E-state index contributed by atoms with van der Waals surface area (Å²) in [6.45, 7) is 5.06. The topological polar surface area (TPSA) is 38.8 Å². The molecule has 0 amide bonds. The molecule has 1 aromatic rings. The molecular formula is C14H19NO3. The van der Waals surface area contributed by atoms with Gasteiger partial charge in [0.1, 0.15) is 11.3 Å². The van der Waals surface area contributed by atoms with Crippen molar-refractivity contribution >= 4 is 11.7 Å². The van der Waals surface area contributed by atoms with Crippen molar-refractivity contribution in [3.05, 3.63) is 24.3 Å². The molecule has 0 radical (unpaired) electrons. The number of rotatable bonds is 4. The molecule has 1 aliphatic heterocycles. The molecule has 0 bridgehead atoms. The monoisotopic (exact) mass is 249 g/mol. The zero-order chi connectivity index (χ0) is 13.2. The predicted octanol–water partition coefficient (Wildman–Crippen LogP) is 2.23. The van der Waals surface area contributed by atoms with Crippen molar-refractivity contribution in [3.8, 4) is 5.75 Å². The van der Waals surface area contributed by atoms with Crippen LogP contribution in [0, 0.1) is 0 Å². The summed E-state index contributed by atoms with van der Waals surface area (Å²) >= 11 is 0. The lowest BCUT2D eigenvalue weighted by Gasteiger charge is -2.49. The molecule has 4 heteroatoms. The molecule has 0 unspecified atom stereocenters. The summed E-state index contributed by atoms with van der Waals surface area (Å²) in [6, 6.07) is 7.74. The number of carbonyl (C=O) groups excluding carboxylic acids is 1. The van der Waals surface area contributed by atoms with Crippen molar-refractivity contribution < 1.29 is 14.3 Å². The molecule has 98 valence electrons. The van der Waals surface area contributed by atoms with Gasteiger partial charge in [0.15, 0.2) is 0 Å². The van der Waals surface area contributed by atoms with Crippen molar-refractivity contribution in [2.75, 3.05) is 25.2 Å². The van der Waals surface area contributed by atoms with Gasteiger partial charge in [-0.2, -0.15) is 0 Å². The highest BCUT2D eigenvalue weighted by atomic mass is 16.5. The number of ether oxygens (including phenoxy) is 2. The molecule has 0 N–H and O–H groups in total. The second kappa shape index (κ2) is 4.88. The van der Waals surface area contributed by atoms with E-state index in [2.05, 4.69) is 4.90 Å². The van der Waals surface area contributed by atoms with Crippen LogP contribution in [0.5, 0.6) is 5.75 Å². The molecule has 1 fully saturated rings. The van der Waals surface area contributed by atoms with Crippen molar-refractivity contribution in [2.24, 2.45) is 0 Å². The Morgan fingerprint density at radius 1 is 1.39 bits per heavy atom. The van der Waals surface area contributed by atoms with Crippen LogP contribution in [0.2, 0.25) is 0 Å². The lowest BCUT2D eigenvalue weighted by molar-refractivity contribution is -0.151. The van der Waals surface area contributed by atoms with Crippen molar-refractivity contribution in [1.82, 2.24) is 0 Å². The largest absolute Gasteiger partial charge is 0.497 e. The number of benzene rings is 1. The zero-order valence-corrected chi connectivity index (χ0v) is 11.1. The van der Waals surface area contributed by atoms with E-state index >= 15 is 0 Å². The number of hydrogen-bond acceptors (Lipinski definition) is 4. The number of anilines is 1. The maximum Gasteiger partial charge on any atom is 0.331 e. The van der Waals surface area contributed by atoms with Crippen LogP contribution in [-0.2, 0) is 9.53 Å². The first-order valence-corrected chi connectivity index (χ1v) is 6.20. The van der Waals surface area contributed by atoms with E-state index in [1.54, 1.807) is 7.11 Å². The van der Waals surface area contributed by atoms with Gasteiger partial charge in [0.25, 0.3) is 0 Å². The minimum absolute atomic E-state index is 0.146. The number of hydrogen-bond donors (Lipinski definition) is 0. The van der Waals surface area contributed by atoms with E-state index in [1.165, 1.54) is 0 Å². The Morgan fingerprint density at radius 2 is 2.06 bits per heavy atom. The van der Waals surface area contributed by atoms with E-state index in [0.717, 1.165) is 24.4 Å². The van der Waals surface area contributed by atoms with Gasteiger partial charge in [0, 0.05) is 12.2 Å². The van der Waals surface area contributed by atoms with Crippen LogP contribution in [-0.4, -0.2) is 31.8 Å². The Hall–Kier alpha value is -1.71. The Labute approximate surface area is 107 Å². The van der Waals surface area contributed by atoms with Crippen LogP contribution in [0.25, 0.3) is 0 Å². The number of methoxy groups -OCH3 is 1. The molecule has 1 atom stereocenters. The predicted molar refractivity (Wildman–Crippen MR) is 70.0 cm³/mol. The summed E-state index contributed by atoms with van der Waals surface area (Å²) < 4.78 is 10.3. The average molecular weight is 249 g/mol. The third kappa shape index (κ3) is 2.03. The SMILES string of the molecule is CCOC(=O)[C@@]1(C)CCN1c1ccc(OC)cc1. The Balaban J connectivity index is 2.15. The van der Waals surface area contributed by atoms with E-state index in [0.29, 0.717) is 6.61 Å². The summed E-state index contributed by atoms with van der Waals surface area (Å²) in [6.07, 6.45) is 0.831. The molecule has 0 spiro atoms. The summed E-state index contributed by atoms with van der Waals surface area (Å²) in [4.78, 5) is 14.0. The molecule has 0 aliphatic carbocycles. The summed E-state index contributed by atoms with van der Waals surface area (Å²) in [5.74, 6) is 0.671. The van der Waals surface area contributed by atoms with Crippen LogP contribution >= 0.6 is 0 Å². The van der Waals surface area contributed by atoms with Gasteiger partial charge in [-0.25, -0.2) is 4.79 Å². The van der Waals surface area contributed by atoms with Crippen LogP contribution in [0.15, 0.2) is 24.3 Å². The van der Waals surface area contributed by atoms with Crippen molar-refractivity contribution in [2.45, 2.75) is 25.8 Å². The Kier molecular flexibility index (Phi) is 3.45. The van der Waals surface area contributed by atoms with Gasteiger partial charge in [-0.1, -0.05) is 0 Å². The molecule has 1 aromatic carbocycles.